The molecule has 188 valence electrons. The van der Waals surface area contributed by atoms with Gasteiger partial charge in [0, 0.05) is 17.6 Å². The summed E-state index contributed by atoms with van der Waals surface area (Å²) in [5, 5.41) is 5.52. The zero-order valence-electron chi connectivity index (χ0n) is 21.8. The standard InChI is InChI=1S/C27H41N3O4/c1-9-11-12-13-18-30(22(31)19-28-25(33)34-27(6,7)8)23(24(32)29-26(3,4)5)21-16-14-20(10-2)15-17-21/h2,14-17,23H,9,11-13,18-19H2,1,3-8H3,(H,28,33)(H,29,32). The number of carbonyl (C=O) groups is 3. The third kappa shape index (κ3) is 10.7. The number of nitrogens with one attached hydrogen (secondary N) is 2. The summed E-state index contributed by atoms with van der Waals surface area (Å²) in [5.41, 5.74) is 0.175. The first-order valence-corrected chi connectivity index (χ1v) is 11.9. The van der Waals surface area contributed by atoms with E-state index in [4.69, 9.17) is 11.2 Å². The monoisotopic (exact) mass is 471 g/mol. The largest absolute Gasteiger partial charge is 0.444 e. The van der Waals surface area contributed by atoms with Gasteiger partial charge in [0.2, 0.25) is 11.8 Å². The fourth-order valence-corrected chi connectivity index (χ4v) is 3.34. The van der Waals surface area contributed by atoms with Crippen LogP contribution in [0, 0.1) is 12.3 Å². The Kier molecular flexibility index (Phi) is 11.1. The lowest BCUT2D eigenvalue weighted by Gasteiger charge is -2.34. The molecule has 0 aliphatic carbocycles. The van der Waals surface area contributed by atoms with E-state index in [0.29, 0.717) is 17.7 Å². The van der Waals surface area contributed by atoms with Crippen molar-refractivity contribution in [3.05, 3.63) is 35.4 Å². The highest BCUT2D eigenvalue weighted by Gasteiger charge is 2.33. The van der Waals surface area contributed by atoms with Gasteiger partial charge in [0.1, 0.15) is 18.2 Å². The van der Waals surface area contributed by atoms with Crippen molar-refractivity contribution in [1.82, 2.24) is 15.5 Å². The number of benzene rings is 1. The van der Waals surface area contributed by atoms with Gasteiger partial charge in [-0.1, -0.05) is 44.2 Å². The van der Waals surface area contributed by atoms with Crippen molar-refractivity contribution in [3.63, 3.8) is 0 Å². The second-order valence-electron chi connectivity index (χ2n) is 10.4. The number of amides is 3. The van der Waals surface area contributed by atoms with Gasteiger partial charge >= 0.3 is 6.09 Å². The summed E-state index contributed by atoms with van der Waals surface area (Å²) in [5.74, 6) is 1.92. The number of terminal acetylenes is 1. The summed E-state index contributed by atoms with van der Waals surface area (Å²) < 4.78 is 5.25. The average Bonchev–Trinajstić information content (AvgIpc) is 2.72. The molecular formula is C27H41N3O4. The maximum Gasteiger partial charge on any atom is 0.408 e. The van der Waals surface area contributed by atoms with E-state index in [2.05, 4.69) is 23.5 Å². The molecule has 7 heteroatoms. The van der Waals surface area contributed by atoms with Crippen molar-refractivity contribution in [3.8, 4) is 12.3 Å². The second-order valence-corrected chi connectivity index (χ2v) is 10.4. The van der Waals surface area contributed by atoms with Crippen molar-refractivity contribution in [2.24, 2.45) is 0 Å². The van der Waals surface area contributed by atoms with Gasteiger partial charge in [-0.3, -0.25) is 9.59 Å². The molecule has 0 bridgehead atoms. The van der Waals surface area contributed by atoms with Crippen molar-refractivity contribution in [2.45, 2.75) is 91.3 Å². The van der Waals surface area contributed by atoms with Gasteiger partial charge in [-0.05, 0) is 65.7 Å². The molecular weight excluding hydrogens is 430 g/mol. The van der Waals surface area contributed by atoms with Crippen LogP contribution in [0.3, 0.4) is 0 Å². The molecule has 0 heterocycles. The number of ether oxygens (including phenoxy) is 1. The topological polar surface area (TPSA) is 87.7 Å². The molecule has 1 atom stereocenters. The Balaban J connectivity index is 3.25. The molecule has 0 aliphatic heterocycles. The summed E-state index contributed by atoms with van der Waals surface area (Å²) >= 11 is 0. The normalized spacial score (nSPS) is 12.3. The quantitative estimate of drug-likeness (QED) is 0.387. The minimum Gasteiger partial charge on any atom is -0.444 e. The van der Waals surface area contributed by atoms with Gasteiger partial charge in [-0.25, -0.2) is 4.79 Å². The van der Waals surface area contributed by atoms with Crippen molar-refractivity contribution in [2.75, 3.05) is 13.1 Å². The Bertz CT molecular complexity index is 858. The van der Waals surface area contributed by atoms with Crippen LogP contribution in [0.2, 0.25) is 0 Å². The van der Waals surface area contributed by atoms with Crippen molar-refractivity contribution in [1.29, 1.82) is 0 Å². The van der Waals surface area contributed by atoms with E-state index in [1.54, 1.807) is 49.9 Å². The third-order valence-electron chi connectivity index (χ3n) is 4.81. The van der Waals surface area contributed by atoms with Gasteiger partial charge < -0.3 is 20.3 Å². The van der Waals surface area contributed by atoms with Crippen LogP contribution in [0.4, 0.5) is 4.79 Å². The Labute approximate surface area is 205 Å². The molecule has 1 unspecified atom stereocenters. The fraction of sp³-hybridized carbons (Fsp3) is 0.593. The Morgan fingerprint density at radius 1 is 1.03 bits per heavy atom. The summed E-state index contributed by atoms with van der Waals surface area (Å²) in [6.45, 7) is 13.1. The molecule has 1 aromatic rings. The van der Waals surface area contributed by atoms with Crippen LogP contribution >= 0.6 is 0 Å². The van der Waals surface area contributed by atoms with Crippen LogP contribution in [0.5, 0.6) is 0 Å². The number of unbranched alkanes of at least 4 members (excludes halogenated alkanes) is 3. The fourth-order valence-electron chi connectivity index (χ4n) is 3.34. The van der Waals surface area contributed by atoms with Gasteiger partial charge in [-0.15, -0.1) is 6.42 Å². The summed E-state index contributed by atoms with van der Waals surface area (Å²) in [6.07, 6.45) is 8.57. The van der Waals surface area contributed by atoms with Gasteiger partial charge in [-0.2, -0.15) is 0 Å². The van der Waals surface area contributed by atoms with E-state index in [9.17, 15) is 14.4 Å². The minimum atomic E-state index is -0.861. The number of alkyl carbamates (subject to hydrolysis) is 1. The molecule has 0 saturated heterocycles. The molecule has 0 aliphatic rings. The summed E-state index contributed by atoms with van der Waals surface area (Å²) in [4.78, 5) is 40.4. The van der Waals surface area contributed by atoms with Crippen LogP contribution < -0.4 is 10.6 Å². The summed E-state index contributed by atoms with van der Waals surface area (Å²) in [6, 6.07) is 6.20. The number of rotatable bonds is 10. The Morgan fingerprint density at radius 2 is 1.65 bits per heavy atom. The average molecular weight is 472 g/mol. The van der Waals surface area contributed by atoms with Crippen molar-refractivity contribution < 1.29 is 19.1 Å². The van der Waals surface area contributed by atoms with Crippen LogP contribution in [-0.4, -0.2) is 47.0 Å². The van der Waals surface area contributed by atoms with E-state index in [-0.39, 0.29) is 18.4 Å². The molecule has 34 heavy (non-hydrogen) atoms. The van der Waals surface area contributed by atoms with E-state index in [1.807, 2.05) is 20.8 Å². The second kappa shape index (κ2) is 13.0. The highest BCUT2D eigenvalue weighted by atomic mass is 16.6. The van der Waals surface area contributed by atoms with Gasteiger partial charge in [0.05, 0.1) is 0 Å². The van der Waals surface area contributed by atoms with E-state index < -0.39 is 23.3 Å². The number of nitrogens with zero attached hydrogens (tertiary/aromatic N) is 1. The van der Waals surface area contributed by atoms with Gasteiger partial charge in [0.25, 0.3) is 0 Å². The number of hydrogen-bond acceptors (Lipinski definition) is 4. The highest BCUT2D eigenvalue weighted by molar-refractivity contribution is 5.90. The predicted octanol–water partition coefficient (Wildman–Crippen LogP) is 4.56. The predicted molar refractivity (Wildman–Crippen MR) is 135 cm³/mol. The molecule has 0 spiro atoms. The molecule has 0 saturated carbocycles. The zero-order valence-corrected chi connectivity index (χ0v) is 21.8. The molecule has 1 aromatic carbocycles. The molecule has 7 nitrogen and oxygen atoms in total. The smallest absolute Gasteiger partial charge is 0.408 e. The van der Waals surface area contributed by atoms with E-state index in [1.165, 1.54) is 0 Å². The first-order chi connectivity index (χ1) is 15.8. The lowest BCUT2D eigenvalue weighted by atomic mass is 9.99. The molecule has 0 fully saturated rings. The number of carbonyl (C=O) groups excluding carboxylic acids is 3. The first-order valence-electron chi connectivity index (χ1n) is 11.9. The molecule has 3 amide bonds. The Hall–Kier alpha value is -3.01. The SMILES string of the molecule is C#Cc1ccc(C(C(=O)NC(C)(C)C)N(CCCCCC)C(=O)CNC(=O)OC(C)(C)C)cc1. The molecule has 0 aromatic heterocycles. The lowest BCUT2D eigenvalue weighted by molar-refractivity contribution is -0.141. The first kappa shape index (κ1) is 29.0. The molecule has 1 rings (SSSR count). The molecule has 0 radical (unpaired) electrons. The highest BCUT2D eigenvalue weighted by Crippen LogP contribution is 2.24. The summed E-state index contributed by atoms with van der Waals surface area (Å²) in [7, 11) is 0. The van der Waals surface area contributed by atoms with E-state index >= 15 is 0 Å². The zero-order chi connectivity index (χ0) is 25.9. The number of hydrogen-bond donors (Lipinski definition) is 2. The maximum absolute atomic E-state index is 13.4. The molecule has 2 N–H and O–H groups in total. The van der Waals surface area contributed by atoms with Crippen LogP contribution in [0.1, 0.15) is 91.3 Å². The van der Waals surface area contributed by atoms with Crippen molar-refractivity contribution >= 4 is 17.9 Å². The van der Waals surface area contributed by atoms with E-state index in [0.717, 1.165) is 25.7 Å². The van der Waals surface area contributed by atoms with Crippen LogP contribution in [0.15, 0.2) is 24.3 Å². The van der Waals surface area contributed by atoms with Gasteiger partial charge in [0.15, 0.2) is 0 Å². The minimum absolute atomic E-state index is 0.273. The van der Waals surface area contributed by atoms with Crippen LogP contribution in [-0.2, 0) is 14.3 Å². The Morgan fingerprint density at radius 3 is 2.15 bits per heavy atom. The maximum atomic E-state index is 13.4. The van der Waals surface area contributed by atoms with Crippen LogP contribution in [0.25, 0.3) is 0 Å². The lowest BCUT2D eigenvalue weighted by Crippen LogP contribution is -2.51. The third-order valence-corrected chi connectivity index (χ3v) is 4.81.